The Morgan fingerprint density at radius 3 is 2.40 bits per heavy atom. The van der Waals surface area contributed by atoms with Gasteiger partial charge in [0.25, 0.3) is 0 Å². The van der Waals surface area contributed by atoms with Crippen LogP contribution in [0.25, 0.3) is 0 Å². The topological polar surface area (TPSA) is 63.4 Å². The van der Waals surface area contributed by atoms with Crippen molar-refractivity contribution in [1.29, 1.82) is 0 Å². The molecule has 1 saturated heterocycles. The van der Waals surface area contributed by atoms with Crippen LogP contribution in [0.4, 0.5) is 4.39 Å². The van der Waals surface area contributed by atoms with Crippen LogP contribution in [0, 0.1) is 11.2 Å². The lowest BCUT2D eigenvalue weighted by Crippen LogP contribution is -2.45. The van der Waals surface area contributed by atoms with Crippen LogP contribution in [0.5, 0.6) is 0 Å². The fraction of sp³-hybridized carbons (Fsp3) is 0.467. The lowest BCUT2D eigenvalue weighted by Gasteiger charge is -2.34. The maximum Gasteiger partial charge on any atom is 0.230 e. The van der Waals surface area contributed by atoms with E-state index in [9.17, 15) is 14.0 Å². The van der Waals surface area contributed by atoms with Gasteiger partial charge in [0.05, 0.1) is 6.54 Å². The molecule has 0 atom stereocenters. The number of rotatable bonds is 3. The molecule has 1 fully saturated rings. The van der Waals surface area contributed by atoms with Gasteiger partial charge in [-0.1, -0.05) is 19.9 Å². The van der Waals surface area contributed by atoms with Crippen LogP contribution >= 0.6 is 0 Å². The molecule has 2 amide bonds. The molecular formula is C15H19FN2O2. The number of carbonyl (C=O) groups excluding carboxylic acids is 2. The highest BCUT2D eigenvalue weighted by Crippen LogP contribution is 2.32. The van der Waals surface area contributed by atoms with Gasteiger partial charge >= 0.3 is 0 Å². The first kappa shape index (κ1) is 14.7. The quantitative estimate of drug-likeness (QED) is 0.860. The van der Waals surface area contributed by atoms with E-state index in [2.05, 4.69) is 0 Å². The third kappa shape index (κ3) is 3.04. The summed E-state index contributed by atoms with van der Waals surface area (Å²) in [6.45, 7) is 4.04. The van der Waals surface area contributed by atoms with Gasteiger partial charge in [0.2, 0.25) is 11.8 Å². The van der Waals surface area contributed by atoms with Gasteiger partial charge in [-0.15, -0.1) is 0 Å². The molecule has 2 N–H and O–H groups in total. The summed E-state index contributed by atoms with van der Waals surface area (Å²) in [5.74, 6) is -0.916. The molecule has 0 aliphatic carbocycles. The Hall–Kier alpha value is -1.75. The van der Waals surface area contributed by atoms with E-state index < -0.39 is 5.82 Å². The molecule has 0 aromatic heterocycles. The second-order valence-electron chi connectivity index (χ2n) is 6.02. The summed E-state index contributed by atoms with van der Waals surface area (Å²) in [5.41, 5.74) is 6.31. The zero-order valence-corrected chi connectivity index (χ0v) is 11.8. The van der Waals surface area contributed by atoms with Crippen LogP contribution in [0.15, 0.2) is 18.2 Å². The van der Waals surface area contributed by atoms with Gasteiger partial charge in [-0.05, 0) is 23.1 Å². The van der Waals surface area contributed by atoms with Crippen LogP contribution in [0.1, 0.15) is 37.8 Å². The van der Waals surface area contributed by atoms with Crippen molar-refractivity contribution in [3.05, 3.63) is 35.1 Å². The molecule has 1 heterocycles. The number of piperidine rings is 1. The number of imide groups is 1. The average molecular weight is 278 g/mol. The summed E-state index contributed by atoms with van der Waals surface area (Å²) in [5, 5.41) is 0. The molecule has 5 heteroatoms. The van der Waals surface area contributed by atoms with E-state index in [-0.39, 0.29) is 23.8 Å². The number of hydrogen-bond acceptors (Lipinski definition) is 3. The zero-order chi connectivity index (χ0) is 14.9. The first-order chi connectivity index (χ1) is 9.32. The summed E-state index contributed by atoms with van der Waals surface area (Å²) in [6, 6.07) is 4.53. The van der Waals surface area contributed by atoms with E-state index in [4.69, 9.17) is 5.73 Å². The van der Waals surface area contributed by atoms with Crippen LogP contribution in [-0.4, -0.2) is 16.7 Å². The largest absolute Gasteiger partial charge is 0.326 e. The van der Waals surface area contributed by atoms with Gasteiger partial charge in [-0.25, -0.2) is 4.39 Å². The number of nitrogens with zero attached hydrogens (tertiary/aromatic N) is 1. The summed E-state index contributed by atoms with van der Waals surface area (Å²) < 4.78 is 13.8. The standard InChI is InChI=1S/C15H19FN2O2/c1-15(2)6-13(19)18(14(20)7-15)9-11-5-10(8-17)3-4-12(11)16/h3-5H,6-9,17H2,1-2H3. The van der Waals surface area contributed by atoms with E-state index in [0.717, 1.165) is 10.5 Å². The second-order valence-corrected chi connectivity index (χ2v) is 6.02. The molecule has 20 heavy (non-hydrogen) atoms. The molecule has 1 aliphatic rings. The van der Waals surface area contributed by atoms with Crippen molar-refractivity contribution in [1.82, 2.24) is 4.90 Å². The molecule has 1 aromatic carbocycles. The Morgan fingerprint density at radius 2 is 1.85 bits per heavy atom. The molecule has 0 unspecified atom stereocenters. The van der Waals surface area contributed by atoms with Crippen molar-refractivity contribution >= 4 is 11.8 Å². The number of nitrogens with two attached hydrogens (primary N) is 1. The maximum absolute atomic E-state index is 13.8. The Morgan fingerprint density at radius 1 is 1.25 bits per heavy atom. The highest BCUT2D eigenvalue weighted by Gasteiger charge is 2.37. The Labute approximate surface area is 117 Å². The molecule has 1 aromatic rings. The molecule has 1 aliphatic heterocycles. The highest BCUT2D eigenvalue weighted by molar-refractivity contribution is 5.98. The molecule has 2 rings (SSSR count). The van der Waals surface area contributed by atoms with Crippen LogP contribution in [0.2, 0.25) is 0 Å². The van der Waals surface area contributed by atoms with Crippen LogP contribution in [0.3, 0.4) is 0 Å². The van der Waals surface area contributed by atoms with Gasteiger partial charge in [0, 0.05) is 24.9 Å². The SMILES string of the molecule is CC1(C)CC(=O)N(Cc2cc(CN)ccc2F)C(=O)C1. The predicted molar refractivity (Wildman–Crippen MR) is 72.9 cm³/mol. The fourth-order valence-corrected chi connectivity index (χ4v) is 2.43. The van der Waals surface area contributed by atoms with Gasteiger partial charge in [-0.3, -0.25) is 14.5 Å². The minimum Gasteiger partial charge on any atom is -0.326 e. The molecular weight excluding hydrogens is 259 g/mol. The molecule has 0 bridgehead atoms. The Bertz CT molecular complexity index is 535. The van der Waals surface area contributed by atoms with Gasteiger partial charge < -0.3 is 5.73 Å². The number of likely N-dealkylation sites (tertiary alicyclic amines) is 1. The highest BCUT2D eigenvalue weighted by atomic mass is 19.1. The maximum atomic E-state index is 13.8. The first-order valence-electron chi connectivity index (χ1n) is 6.63. The van der Waals surface area contributed by atoms with E-state index >= 15 is 0 Å². The van der Waals surface area contributed by atoms with Gasteiger partial charge in [0.1, 0.15) is 5.82 Å². The van der Waals surface area contributed by atoms with Gasteiger partial charge in [-0.2, -0.15) is 0 Å². The minimum absolute atomic E-state index is 0.0204. The molecule has 0 radical (unpaired) electrons. The van der Waals surface area contributed by atoms with E-state index in [1.54, 1.807) is 12.1 Å². The van der Waals surface area contributed by atoms with Gasteiger partial charge in [0.15, 0.2) is 0 Å². The smallest absolute Gasteiger partial charge is 0.230 e. The van der Waals surface area contributed by atoms with E-state index in [1.165, 1.54) is 6.07 Å². The van der Waals surface area contributed by atoms with Crippen molar-refractivity contribution in [3.8, 4) is 0 Å². The van der Waals surface area contributed by atoms with Crippen molar-refractivity contribution in [2.45, 2.75) is 39.8 Å². The average Bonchev–Trinajstić information content (AvgIpc) is 2.34. The van der Waals surface area contributed by atoms with E-state index in [0.29, 0.717) is 24.9 Å². The number of amides is 2. The summed E-state index contributed by atoms with van der Waals surface area (Å²) in [6.07, 6.45) is 0.605. The number of halogens is 1. The monoisotopic (exact) mass is 278 g/mol. The third-order valence-corrected chi connectivity index (χ3v) is 3.54. The third-order valence-electron chi connectivity index (χ3n) is 3.54. The first-order valence-corrected chi connectivity index (χ1v) is 6.63. The van der Waals surface area contributed by atoms with Crippen molar-refractivity contribution in [3.63, 3.8) is 0 Å². The van der Waals surface area contributed by atoms with Crippen molar-refractivity contribution in [2.75, 3.05) is 0 Å². The normalized spacial score (nSPS) is 18.5. The predicted octanol–water partition coefficient (Wildman–Crippen LogP) is 1.96. The van der Waals surface area contributed by atoms with E-state index in [1.807, 2.05) is 13.8 Å². The Kier molecular flexibility index (Phi) is 3.90. The molecule has 4 nitrogen and oxygen atoms in total. The number of hydrogen-bond donors (Lipinski definition) is 1. The van der Waals surface area contributed by atoms with Crippen LogP contribution in [-0.2, 0) is 22.7 Å². The minimum atomic E-state index is -0.423. The Balaban J connectivity index is 2.22. The number of benzene rings is 1. The van der Waals surface area contributed by atoms with Crippen molar-refractivity contribution in [2.24, 2.45) is 11.1 Å². The fourth-order valence-electron chi connectivity index (χ4n) is 2.43. The summed E-state index contributed by atoms with van der Waals surface area (Å²) in [4.78, 5) is 25.2. The summed E-state index contributed by atoms with van der Waals surface area (Å²) in [7, 11) is 0. The molecule has 0 spiro atoms. The zero-order valence-electron chi connectivity index (χ0n) is 11.8. The lowest BCUT2D eigenvalue weighted by atomic mass is 9.81. The molecule has 108 valence electrons. The van der Waals surface area contributed by atoms with Crippen LogP contribution < -0.4 is 5.73 Å². The lowest BCUT2D eigenvalue weighted by molar-refractivity contribution is -0.153. The van der Waals surface area contributed by atoms with Crippen molar-refractivity contribution < 1.29 is 14.0 Å². The molecule has 0 saturated carbocycles. The second kappa shape index (κ2) is 5.32. The number of carbonyl (C=O) groups is 2. The summed E-state index contributed by atoms with van der Waals surface area (Å²) >= 11 is 0.